The summed E-state index contributed by atoms with van der Waals surface area (Å²) in [4.78, 5) is 35.2. The SMILES string of the molecule is Cn1cc([N+](=O)[O-])c(C(=O)NCCCN2CCCC2=O)n1. The Kier molecular flexibility index (Phi) is 4.51. The first-order chi connectivity index (χ1) is 9.99. The van der Waals surface area contributed by atoms with Crippen LogP contribution in [0.25, 0.3) is 0 Å². The highest BCUT2D eigenvalue weighted by Crippen LogP contribution is 2.15. The van der Waals surface area contributed by atoms with Gasteiger partial charge in [0.2, 0.25) is 11.6 Å². The number of aryl methyl sites for hydroxylation is 1. The number of nitrogens with one attached hydrogen (secondary N) is 1. The Labute approximate surface area is 121 Å². The lowest BCUT2D eigenvalue weighted by atomic mass is 10.3. The molecule has 0 aromatic carbocycles. The molecular weight excluding hydrogens is 278 g/mol. The highest BCUT2D eigenvalue weighted by molar-refractivity contribution is 5.96. The Hall–Kier alpha value is -2.45. The molecule has 1 fully saturated rings. The summed E-state index contributed by atoms with van der Waals surface area (Å²) in [7, 11) is 1.52. The van der Waals surface area contributed by atoms with Crippen molar-refractivity contribution in [2.45, 2.75) is 19.3 Å². The van der Waals surface area contributed by atoms with Crippen molar-refractivity contribution in [1.82, 2.24) is 20.0 Å². The van der Waals surface area contributed by atoms with Crippen molar-refractivity contribution in [1.29, 1.82) is 0 Å². The minimum Gasteiger partial charge on any atom is -0.350 e. The summed E-state index contributed by atoms with van der Waals surface area (Å²) >= 11 is 0. The van der Waals surface area contributed by atoms with Crippen LogP contribution >= 0.6 is 0 Å². The number of hydrogen-bond donors (Lipinski definition) is 1. The molecule has 1 aromatic rings. The standard InChI is InChI=1S/C12H17N5O4/c1-15-8-9(17(20)21)11(14-15)12(19)13-5-3-7-16-6-2-4-10(16)18/h8H,2-7H2,1H3,(H,13,19). The van der Waals surface area contributed by atoms with Crippen LogP contribution < -0.4 is 5.32 Å². The summed E-state index contributed by atoms with van der Waals surface area (Å²) in [6.07, 6.45) is 3.27. The largest absolute Gasteiger partial charge is 0.350 e. The lowest BCUT2D eigenvalue weighted by Gasteiger charge is -2.14. The van der Waals surface area contributed by atoms with Crippen molar-refractivity contribution in [3.63, 3.8) is 0 Å². The van der Waals surface area contributed by atoms with E-state index in [4.69, 9.17) is 0 Å². The first-order valence-corrected chi connectivity index (χ1v) is 6.73. The molecule has 9 nitrogen and oxygen atoms in total. The minimum absolute atomic E-state index is 0.140. The molecule has 0 unspecified atom stereocenters. The van der Waals surface area contributed by atoms with Gasteiger partial charge in [-0.2, -0.15) is 5.10 Å². The molecule has 2 heterocycles. The second-order valence-electron chi connectivity index (χ2n) is 4.89. The molecule has 0 saturated carbocycles. The highest BCUT2D eigenvalue weighted by atomic mass is 16.6. The fourth-order valence-corrected chi connectivity index (χ4v) is 2.27. The van der Waals surface area contributed by atoms with Crippen LogP contribution in [0.15, 0.2) is 6.20 Å². The summed E-state index contributed by atoms with van der Waals surface area (Å²) in [6.45, 7) is 1.69. The van der Waals surface area contributed by atoms with E-state index in [1.54, 1.807) is 4.90 Å². The average molecular weight is 295 g/mol. The van der Waals surface area contributed by atoms with Crippen LogP contribution in [0.3, 0.4) is 0 Å². The third-order valence-electron chi connectivity index (χ3n) is 3.28. The molecule has 114 valence electrons. The van der Waals surface area contributed by atoms with Gasteiger partial charge in [0.05, 0.1) is 4.92 Å². The van der Waals surface area contributed by atoms with E-state index in [1.165, 1.54) is 17.9 Å². The van der Waals surface area contributed by atoms with Crippen molar-refractivity contribution in [2.24, 2.45) is 7.05 Å². The van der Waals surface area contributed by atoms with Crippen LogP contribution in [0.2, 0.25) is 0 Å². The zero-order valence-electron chi connectivity index (χ0n) is 11.7. The summed E-state index contributed by atoms with van der Waals surface area (Å²) in [5.74, 6) is -0.434. The molecule has 1 aliphatic heterocycles. The molecule has 2 rings (SSSR count). The maximum absolute atomic E-state index is 11.9. The third-order valence-corrected chi connectivity index (χ3v) is 3.28. The number of nitrogens with zero attached hydrogens (tertiary/aromatic N) is 4. The molecule has 0 bridgehead atoms. The molecule has 0 radical (unpaired) electrons. The predicted molar refractivity (Wildman–Crippen MR) is 72.6 cm³/mol. The average Bonchev–Trinajstić information content (AvgIpc) is 3.01. The molecule has 9 heteroatoms. The quantitative estimate of drug-likeness (QED) is 0.453. The fraction of sp³-hybridized carbons (Fsp3) is 0.583. The van der Waals surface area contributed by atoms with E-state index in [9.17, 15) is 19.7 Å². The van der Waals surface area contributed by atoms with E-state index < -0.39 is 10.8 Å². The van der Waals surface area contributed by atoms with Gasteiger partial charge in [0.25, 0.3) is 5.91 Å². The first kappa shape index (κ1) is 14.9. The number of aromatic nitrogens is 2. The van der Waals surface area contributed by atoms with Crippen molar-refractivity contribution in [2.75, 3.05) is 19.6 Å². The van der Waals surface area contributed by atoms with Gasteiger partial charge in [-0.05, 0) is 12.8 Å². The minimum atomic E-state index is -0.634. The zero-order valence-corrected chi connectivity index (χ0v) is 11.7. The number of rotatable bonds is 6. The van der Waals surface area contributed by atoms with Gasteiger partial charge in [-0.25, -0.2) is 0 Å². The number of likely N-dealkylation sites (tertiary alicyclic amines) is 1. The normalized spacial score (nSPS) is 14.5. The lowest BCUT2D eigenvalue weighted by Crippen LogP contribution is -2.31. The molecule has 1 aliphatic rings. The second-order valence-corrected chi connectivity index (χ2v) is 4.89. The fourth-order valence-electron chi connectivity index (χ4n) is 2.27. The van der Waals surface area contributed by atoms with Crippen molar-refractivity contribution in [3.05, 3.63) is 22.0 Å². The Morgan fingerprint density at radius 3 is 2.95 bits per heavy atom. The highest BCUT2D eigenvalue weighted by Gasteiger charge is 2.24. The van der Waals surface area contributed by atoms with Crippen molar-refractivity contribution < 1.29 is 14.5 Å². The number of hydrogen-bond acceptors (Lipinski definition) is 5. The van der Waals surface area contributed by atoms with Gasteiger partial charge < -0.3 is 10.2 Å². The Morgan fingerprint density at radius 1 is 1.57 bits per heavy atom. The zero-order chi connectivity index (χ0) is 15.4. The van der Waals surface area contributed by atoms with Gasteiger partial charge in [-0.1, -0.05) is 0 Å². The van der Waals surface area contributed by atoms with E-state index in [-0.39, 0.29) is 17.3 Å². The first-order valence-electron chi connectivity index (χ1n) is 6.73. The predicted octanol–water partition coefficient (Wildman–Crippen LogP) is 0.0706. The molecule has 1 saturated heterocycles. The summed E-state index contributed by atoms with van der Waals surface area (Å²) in [5, 5.41) is 17.2. The van der Waals surface area contributed by atoms with Crippen LogP contribution in [0.4, 0.5) is 5.69 Å². The van der Waals surface area contributed by atoms with E-state index >= 15 is 0 Å². The summed E-state index contributed by atoms with van der Waals surface area (Å²) < 4.78 is 1.23. The van der Waals surface area contributed by atoms with Crippen LogP contribution in [0.1, 0.15) is 29.8 Å². The van der Waals surface area contributed by atoms with Gasteiger partial charge in [0.15, 0.2) is 0 Å². The molecule has 2 amide bonds. The lowest BCUT2D eigenvalue weighted by molar-refractivity contribution is -0.385. The van der Waals surface area contributed by atoms with Crippen LogP contribution in [-0.2, 0) is 11.8 Å². The monoisotopic (exact) mass is 295 g/mol. The second kappa shape index (κ2) is 6.33. The van der Waals surface area contributed by atoms with Gasteiger partial charge in [0, 0.05) is 33.1 Å². The Morgan fingerprint density at radius 2 is 2.33 bits per heavy atom. The molecule has 1 N–H and O–H groups in total. The molecule has 1 aromatic heterocycles. The van der Waals surface area contributed by atoms with Gasteiger partial charge in [-0.3, -0.25) is 24.4 Å². The van der Waals surface area contributed by atoms with Crippen LogP contribution in [-0.4, -0.2) is 51.1 Å². The van der Waals surface area contributed by atoms with Gasteiger partial charge >= 0.3 is 5.69 Å². The van der Waals surface area contributed by atoms with Crippen molar-refractivity contribution in [3.8, 4) is 0 Å². The Balaban J connectivity index is 1.82. The number of amides is 2. The smallest absolute Gasteiger partial charge is 0.320 e. The van der Waals surface area contributed by atoms with E-state index in [1.807, 2.05) is 0 Å². The topological polar surface area (TPSA) is 110 Å². The molecule has 0 spiro atoms. The Bertz CT molecular complexity index is 568. The van der Waals surface area contributed by atoms with E-state index in [0.29, 0.717) is 25.9 Å². The molecular formula is C12H17N5O4. The maximum Gasteiger partial charge on any atom is 0.320 e. The number of carbonyl (C=O) groups is 2. The summed E-state index contributed by atoms with van der Waals surface area (Å²) in [5.41, 5.74) is -0.510. The van der Waals surface area contributed by atoms with E-state index in [2.05, 4.69) is 10.4 Å². The van der Waals surface area contributed by atoms with Crippen molar-refractivity contribution >= 4 is 17.5 Å². The summed E-state index contributed by atoms with van der Waals surface area (Å²) in [6, 6.07) is 0. The van der Waals surface area contributed by atoms with Gasteiger partial charge in [0.1, 0.15) is 6.20 Å². The van der Waals surface area contributed by atoms with Gasteiger partial charge in [-0.15, -0.1) is 0 Å². The van der Waals surface area contributed by atoms with E-state index in [0.717, 1.165) is 13.0 Å². The third kappa shape index (κ3) is 3.56. The number of carbonyl (C=O) groups excluding carboxylic acids is 2. The molecule has 0 aliphatic carbocycles. The maximum atomic E-state index is 11.9. The molecule has 21 heavy (non-hydrogen) atoms. The molecule has 0 atom stereocenters. The van der Waals surface area contributed by atoms with Crippen LogP contribution in [0.5, 0.6) is 0 Å². The number of nitro groups is 1. The van der Waals surface area contributed by atoms with Crippen LogP contribution in [0, 0.1) is 10.1 Å².